The molecule has 1 aromatic rings. The summed E-state index contributed by atoms with van der Waals surface area (Å²) in [5, 5.41) is 8.73. The van der Waals surface area contributed by atoms with Gasteiger partial charge in [-0.05, 0) is 36.3 Å². The standard InChI is InChI=1S/C13H19NO3S/c1-16-12-5-4-10(8-14-15)7-13(12)17-11-3-2-6-18-9-11/h4-5,7,11,14-15H,2-3,6,8-9H2,1H3. The SMILES string of the molecule is COc1ccc(CNO)cc1OC1CCCSC1. The molecule has 1 heterocycles. The number of benzene rings is 1. The lowest BCUT2D eigenvalue weighted by molar-refractivity contribution is 0.160. The van der Waals surface area contributed by atoms with E-state index in [2.05, 4.69) is 5.48 Å². The van der Waals surface area contributed by atoms with E-state index >= 15 is 0 Å². The zero-order chi connectivity index (χ0) is 12.8. The Hall–Kier alpha value is -0.910. The largest absolute Gasteiger partial charge is 0.493 e. The van der Waals surface area contributed by atoms with E-state index in [4.69, 9.17) is 14.7 Å². The minimum absolute atomic E-state index is 0.259. The van der Waals surface area contributed by atoms with Crippen LogP contribution < -0.4 is 15.0 Å². The first kappa shape index (κ1) is 13.5. The quantitative estimate of drug-likeness (QED) is 0.804. The van der Waals surface area contributed by atoms with Crippen LogP contribution in [0.1, 0.15) is 18.4 Å². The molecular formula is C13H19NO3S. The van der Waals surface area contributed by atoms with Gasteiger partial charge in [0.2, 0.25) is 0 Å². The number of hydrogen-bond acceptors (Lipinski definition) is 5. The number of thioether (sulfide) groups is 1. The highest BCUT2D eigenvalue weighted by molar-refractivity contribution is 7.99. The molecule has 18 heavy (non-hydrogen) atoms. The highest BCUT2D eigenvalue weighted by atomic mass is 32.2. The van der Waals surface area contributed by atoms with Crippen LogP contribution >= 0.6 is 11.8 Å². The molecular weight excluding hydrogens is 250 g/mol. The molecule has 100 valence electrons. The van der Waals surface area contributed by atoms with E-state index in [0.29, 0.717) is 6.54 Å². The summed E-state index contributed by atoms with van der Waals surface area (Å²) in [4.78, 5) is 0. The minimum atomic E-state index is 0.259. The molecule has 4 nitrogen and oxygen atoms in total. The molecule has 1 atom stereocenters. The highest BCUT2D eigenvalue weighted by Crippen LogP contribution is 2.31. The van der Waals surface area contributed by atoms with Crippen molar-refractivity contribution >= 4 is 11.8 Å². The first-order valence-corrected chi connectivity index (χ1v) is 7.27. The average molecular weight is 269 g/mol. The van der Waals surface area contributed by atoms with Crippen molar-refractivity contribution in [2.45, 2.75) is 25.5 Å². The van der Waals surface area contributed by atoms with Crippen LogP contribution in [-0.2, 0) is 6.54 Å². The molecule has 1 aliphatic heterocycles. The summed E-state index contributed by atoms with van der Waals surface area (Å²) < 4.78 is 11.3. The number of rotatable bonds is 5. The van der Waals surface area contributed by atoms with Crippen LogP contribution in [0.5, 0.6) is 11.5 Å². The van der Waals surface area contributed by atoms with Gasteiger partial charge in [-0.1, -0.05) is 6.07 Å². The summed E-state index contributed by atoms with van der Waals surface area (Å²) in [6, 6.07) is 5.70. The maximum Gasteiger partial charge on any atom is 0.161 e. The van der Waals surface area contributed by atoms with Crippen LogP contribution in [0.4, 0.5) is 0 Å². The molecule has 1 fully saturated rings. The van der Waals surface area contributed by atoms with Crippen molar-refractivity contribution in [1.29, 1.82) is 0 Å². The van der Waals surface area contributed by atoms with Crippen molar-refractivity contribution in [1.82, 2.24) is 5.48 Å². The average Bonchev–Trinajstić information content (AvgIpc) is 2.41. The van der Waals surface area contributed by atoms with Gasteiger partial charge < -0.3 is 14.7 Å². The van der Waals surface area contributed by atoms with E-state index in [9.17, 15) is 0 Å². The molecule has 1 saturated heterocycles. The smallest absolute Gasteiger partial charge is 0.161 e. The molecule has 0 aromatic heterocycles. The van der Waals surface area contributed by atoms with Crippen molar-refractivity contribution in [3.8, 4) is 11.5 Å². The zero-order valence-electron chi connectivity index (χ0n) is 10.5. The number of methoxy groups -OCH3 is 1. The molecule has 0 radical (unpaired) electrons. The van der Waals surface area contributed by atoms with Crippen LogP contribution in [0, 0.1) is 0 Å². The molecule has 0 aliphatic carbocycles. The van der Waals surface area contributed by atoms with Crippen molar-refractivity contribution in [2.24, 2.45) is 0 Å². The van der Waals surface area contributed by atoms with Crippen LogP contribution in [0.3, 0.4) is 0 Å². The second-order valence-electron chi connectivity index (χ2n) is 4.28. The van der Waals surface area contributed by atoms with E-state index in [-0.39, 0.29) is 6.10 Å². The Labute approximate surface area is 112 Å². The molecule has 0 spiro atoms. The van der Waals surface area contributed by atoms with E-state index in [1.54, 1.807) is 7.11 Å². The third-order valence-corrected chi connectivity index (χ3v) is 4.11. The summed E-state index contributed by atoms with van der Waals surface area (Å²) in [5.41, 5.74) is 3.12. The van der Waals surface area contributed by atoms with E-state index in [1.165, 1.54) is 12.2 Å². The van der Waals surface area contributed by atoms with E-state index in [0.717, 1.165) is 29.2 Å². The molecule has 1 aliphatic rings. The Balaban J connectivity index is 2.09. The number of hydroxylamine groups is 1. The Morgan fingerprint density at radius 1 is 1.44 bits per heavy atom. The number of ether oxygens (including phenoxy) is 2. The first-order valence-electron chi connectivity index (χ1n) is 6.11. The fourth-order valence-electron chi connectivity index (χ4n) is 2.00. The third-order valence-electron chi connectivity index (χ3n) is 2.92. The second kappa shape index (κ2) is 6.87. The molecule has 5 heteroatoms. The van der Waals surface area contributed by atoms with Gasteiger partial charge in [-0.2, -0.15) is 11.8 Å². The summed E-state index contributed by atoms with van der Waals surface area (Å²) in [6.07, 6.45) is 2.56. The van der Waals surface area contributed by atoms with E-state index < -0.39 is 0 Å². The number of hydrogen-bond donors (Lipinski definition) is 2. The zero-order valence-corrected chi connectivity index (χ0v) is 11.3. The summed E-state index contributed by atoms with van der Waals surface area (Å²) in [6.45, 7) is 0.403. The predicted octanol–water partition coefficient (Wildman–Crippen LogP) is 2.45. The second-order valence-corrected chi connectivity index (χ2v) is 5.43. The van der Waals surface area contributed by atoms with Crippen molar-refractivity contribution < 1.29 is 14.7 Å². The molecule has 0 bridgehead atoms. The normalized spacial score (nSPS) is 19.6. The van der Waals surface area contributed by atoms with Gasteiger partial charge in [-0.25, -0.2) is 5.48 Å². The Morgan fingerprint density at radius 3 is 3.00 bits per heavy atom. The van der Waals surface area contributed by atoms with Crippen molar-refractivity contribution in [2.75, 3.05) is 18.6 Å². The van der Waals surface area contributed by atoms with Crippen molar-refractivity contribution in [3.63, 3.8) is 0 Å². The fraction of sp³-hybridized carbons (Fsp3) is 0.538. The molecule has 2 rings (SSSR count). The van der Waals surface area contributed by atoms with Crippen LogP contribution in [-0.4, -0.2) is 29.9 Å². The molecule has 0 amide bonds. The maximum atomic E-state index is 8.73. The monoisotopic (exact) mass is 269 g/mol. The van der Waals surface area contributed by atoms with Crippen LogP contribution in [0.15, 0.2) is 18.2 Å². The van der Waals surface area contributed by atoms with Gasteiger partial charge in [0.05, 0.1) is 7.11 Å². The lowest BCUT2D eigenvalue weighted by Gasteiger charge is -2.24. The predicted molar refractivity (Wildman–Crippen MR) is 72.6 cm³/mol. The Bertz CT molecular complexity index is 380. The molecule has 1 unspecified atom stereocenters. The lowest BCUT2D eigenvalue weighted by atomic mass is 10.2. The van der Waals surface area contributed by atoms with Gasteiger partial charge in [-0.3, -0.25) is 0 Å². The molecule has 2 N–H and O–H groups in total. The first-order chi connectivity index (χ1) is 8.83. The van der Waals surface area contributed by atoms with Gasteiger partial charge in [0.15, 0.2) is 11.5 Å². The maximum absolute atomic E-state index is 8.73. The third kappa shape index (κ3) is 3.54. The highest BCUT2D eigenvalue weighted by Gasteiger charge is 2.17. The summed E-state index contributed by atoms with van der Waals surface area (Å²) in [5.74, 6) is 3.77. The lowest BCUT2D eigenvalue weighted by Crippen LogP contribution is -2.23. The number of nitrogens with one attached hydrogen (secondary N) is 1. The Morgan fingerprint density at radius 2 is 2.33 bits per heavy atom. The summed E-state index contributed by atoms with van der Waals surface area (Å²) >= 11 is 1.93. The van der Waals surface area contributed by atoms with E-state index in [1.807, 2.05) is 30.0 Å². The van der Waals surface area contributed by atoms with Gasteiger partial charge in [0, 0.05) is 12.3 Å². The summed E-state index contributed by atoms with van der Waals surface area (Å²) in [7, 11) is 1.64. The van der Waals surface area contributed by atoms with Crippen LogP contribution in [0.2, 0.25) is 0 Å². The van der Waals surface area contributed by atoms with Gasteiger partial charge in [-0.15, -0.1) is 0 Å². The van der Waals surface area contributed by atoms with Crippen molar-refractivity contribution in [3.05, 3.63) is 23.8 Å². The molecule has 1 aromatic carbocycles. The topological polar surface area (TPSA) is 50.7 Å². The molecule has 0 saturated carbocycles. The Kier molecular flexibility index (Phi) is 5.16. The fourth-order valence-corrected chi connectivity index (χ4v) is 3.03. The van der Waals surface area contributed by atoms with Crippen LogP contribution in [0.25, 0.3) is 0 Å². The van der Waals surface area contributed by atoms with Gasteiger partial charge in [0.1, 0.15) is 6.10 Å². The van der Waals surface area contributed by atoms with Gasteiger partial charge >= 0.3 is 0 Å². The minimum Gasteiger partial charge on any atom is -0.493 e. The van der Waals surface area contributed by atoms with Gasteiger partial charge in [0.25, 0.3) is 0 Å².